The zero-order valence-electron chi connectivity index (χ0n) is 10.1. The number of nitrogens with one attached hydrogen (secondary N) is 1. The fourth-order valence-electron chi connectivity index (χ4n) is 2.17. The average Bonchev–Trinajstić information content (AvgIpc) is 2.95. The molecule has 94 valence electrons. The van der Waals surface area contributed by atoms with Crippen LogP contribution in [-0.4, -0.2) is 22.5 Å². The van der Waals surface area contributed by atoms with E-state index in [2.05, 4.69) is 46.3 Å². The van der Waals surface area contributed by atoms with Crippen LogP contribution in [0.2, 0.25) is 0 Å². The first-order chi connectivity index (χ1) is 8.92. The minimum atomic E-state index is 0.627. The van der Waals surface area contributed by atoms with Crippen molar-refractivity contribution in [1.29, 1.82) is 0 Å². The molecule has 0 saturated carbocycles. The lowest BCUT2D eigenvalue weighted by Crippen LogP contribution is -2.24. The first-order valence-electron chi connectivity index (χ1n) is 6.25. The summed E-state index contributed by atoms with van der Waals surface area (Å²) >= 11 is 2.05. The SMILES string of the molecule is c1ncc(-c2ccc(NC3CCSCC3)cc2)o1. The summed E-state index contributed by atoms with van der Waals surface area (Å²) < 4.78 is 5.28. The second-order valence-corrected chi connectivity index (χ2v) is 5.70. The molecule has 4 heteroatoms. The van der Waals surface area contributed by atoms with Gasteiger partial charge in [-0.05, 0) is 48.6 Å². The maximum atomic E-state index is 5.28. The highest BCUT2D eigenvalue weighted by atomic mass is 32.2. The Labute approximate surface area is 111 Å². The summed E-state index contributed by atoms with van der Waals surface area (Å²) in [5.41, 5.74) is 2.26. The molecule has 1 aliphatic rings. The van der Waals surface area contributed by atoms with E-state index < -0.39 is 0 Å². The van der Waals surface area contributed by atoms with E-state index in [0.717, 1.165) is 11.3 Å². The highest BCUT2D eigenvalue weighted by molar-refractivity contribution is 7.99. The molecule has 0 atom stereocenters. The van der Waals surface area contributed by atoms with Crippen LogP contribution in [0, 0.1) is 0 Å². The van der Waals surface area contributed by atoms with Crippen LogP contribution in [-0.2, 0) is 0 Å². The van der Waals surface area contributed by atoms with Gasteiger partial charge in [0.25, 0.3) is 0 Å². The number of oxazole rings is 1. The summed E-state index contributed by atoms with van der Waals surface area (Å²) in [5, 5.41) is 3.59. The minimum absolute atomic E-state index is 0.627. The highest BCUT2D eigenvalue weighted by Crippen LogP contribution is 2.24. The smallest absolute Gasteiger partial charge is 0.181 e. The largest absolute Gasteiger partial charge is 0.444 e. The monoisotopic (exact) mass is 260 g/mol. The summed E-state index contributed by atoms with van der Waals surface area (Å²) in [7, 11) is 0. The Morgan fingerprint density at radius 1 is 1.17 bits per heavy atom. The van der Waals surface area contributed by atoms with Crippen molar-refractivity contribution < 1.29 is 4.42 Å². The molecule has 1 aliphatic heterocycles. The molecule has 0 amide bonds. The Hall–Kier alpha value is -1.42. The van der Waals surface area contributed by atoms with E-state index in [1.54, 1.807) is 6.20 Å². The van der Waals surface area contributed by atoms with Crippen LogP contribution < -0.4 is 5.32 Å². The maximum absolute atomic E-state index is 5.28. The molecule has 0 bridgehead atoms. The molecule has 0 spiro atoms. The van der Waals surface area contributed by atoms with Gasteiger partial charge in [-0.1, -0.05) is 0 Å². The molecule has 0 unspecified atom stereocenters. The Balaban J connectivity index is 1.67. The molecule has 2 heterocycles. The fraction of sp³-hybridized carbons (Fsp3) is 0.357. The molecule has 18 heavy (non-hydrogen) atoms. The van der Waals surface area contributed by atoms with Crippen LogP contribution in [0.1, 0.15) is 12.8 Å². The molecule has 0 aliphatic carbocycles. The second-order valence-electron chi connectivity index (χ2n) is 4.47. The van der Waals surface area contributed by atoms with Crippen molar-refractivity contribution >= 4 is 17.4 Å². The average molecular weight is 260 g/mol. The predicted octanol–water partition coefficient (Wildman–Crippen LogP) is 3.65. The number of benzene rings is 1. The quantitative estimate of drug-likeness (QED) is 0.914. The minimum Gasteiger partial charge on any atom is -0.444 e. The highest BCUT2D eigenvalue weighted by Gasteiger charge is 2.13. The molecule has 1 saturated heterocycles. The first kappa shape index (κ1) is 11.7. The number of anilines is 1. The second kappa shape index (κ2) is 5.48. The molecule has 1 aromatic heterocycles. The van der Waals surface area contributed by atoms with E-state index >= 15 is 0 Å². The van der Waals surface area contributed by atoms with Gasteiger partial charge in [-0.25, -0.2) is 4.98 Å². The predicted molar refractivity (Wildman–Crippen MR) is 75.9 cm³/mol. The molecular formula is C14H16N2OS. The van der Waals surface area contributed by atoms with Crippen LogP contribution in [0.5, 0.6) is 0 Å². The molecule has 1 fully saturated rings. The van der Waals surface area contributed by atoms with E-state index in [1.807, 2.05) is 0 Å². The molecule has 3 rings (SSSR count). The van der Waals surface area contributed by atoms with Crippen molar-refractivity contribution in [3.63, 3.8) is 0 Å². The van der Waals surface area contributed by atoms with Gasteiger partial charge in [-0.3, -0.25) is 0 Å². The summed E-state index contributed by atoms with van der Waals surface area (Å²) in [4.78, 5) is 3.93. The Bertz CT molecular complexity index is 475. The van der Waals surface area contributed by atoms with Gasteiger partial charge in [0, 0.05) is 17.3 Å². The first-order valence-corrected chi connectivity index (χ1v) is 7.40. The van der Waals surface area contributed by atoms with Crippen LogP contribution in [0.3, 0.4) is 0 Å². The van der Waals surface area contributed by atoms with Crippen LogP contribution in [0.15, 0.2) is 41.3 Å². The summed E-state index contributed by atoms with van der Waals surface area (Å²) in [6, 6.07) is 8.99. The maximum Gasteiger partial charge on any atom is 0.181 e. The van der Waals surface area contributed by atoms with Crippen LogP contribution in [0.25, 0.3) is 11.3 Å². The Morgan fingerprint density at radius 3 is 2.61 bits per heavy atom. The van der Waals surface area contributed by atoms with Gasteiger partial charge >= 0.3 is 0 Å². The lowest BCUT2D eigenvalue weighted by Gasteiger charge is -2.23. The normalized spacial score (nSPS) is 16.7. The lowest BCUT2D eigenvalue weighted by atomic mass is 10.1. The van der Waals surface area contributed by atoms with Gasteiger partial charge in [0.15, 0.2) is 12.2 Å². The number of nitrogens with zero attached hydrogens (tertiary/aromatic N) is 1. The Kier molecular flexibility index (Phi) is 3.55. The van der Waals surface area contributed by atoms with Crippen molar-refractivity contribution in [2.75, 3.05) is 16.8 Å². The number of aromatic nitrogens is 1. The van der Waals surface area contributed by atoms with E-state index in [9.17, 15) is 0 Å². The van der Waals surface area contributed by atoms with Crippen LogP contribution >= 0.6 is 11.8 Å². The standard InChI is InChI=1S/C14H16N2OS/c1-3-12(16-13-5-7-18-8-6-13)4-2-11(1)14-9-15-10-17-14/h1-4,9-10,13,16H,5-8H2. The molecule has 0 radical (unpaired) electrons. The molecule has 1 aromatic carbocycles. The fourth-order valence-corrected chi connectivity index (χ4v) is 3.27. The van der Waals surface area contributed by atoms with E-state index in [4.69, 9.17) is 4.42 Å². The molecule has 3 nitrogen and oxygen atoms in total. The third-order valence-corrected chi connectivity index (χ3v) is 4.24. The van der Waals surface area contributed by atoms with Gasteiger partial charge in [0.1, 0.15) is 0 Å². The number of thioether (sulfide) groups is 1. The van der Waals surface area contributed by atoms with Gasteiger partial charge in [-0.2, -0.15) is 11.8 Å². The zero-order chi connectivity index (χ0) is 12.2. The summed E-state index contributed by atoms with van der Waals surface area (Å²) in [5.74, 6) is 3.36. The number of hydrogen-bond donors (Lipinski definition) is 1. The van der Waals surface area contributed by atoms with E-state index in [1.165, 1.54) is 36.4 Å². The van der Waals surface area contributed by atoms with E-state index in [-0.39, 0.29) is 0 Å². The van der Waals surface area contributed by atoms with Gasteiger partial charge in [0.05, 0.1) is 6.20 Å². The van der Waals surface area contributed by atoms with Crippen molar-refractivity contribution in [2.24, 2.45) is 0 Å². The topological polar surface area (TPSA) is 38.1 Å². The number of hydrogen-bond acceptors (Lipinski definition) is 4. The summed E-state index contributed by atoms with van der Waals surface area (Å²) in [6.07, 6.45) is 5.71. The molecule has 2 aromatic rings. The van der Waals surface area contributed by atoms with Crippen molar-refractivity contribution in [2.45, 2.75) is 18.9 Å². The molecular weight excluding hydrogens is 244 g/mol. The third-order valence-electron chi connectivity index (χ3n) is 3.19. The van der Waals surface area contributed by atoms with Gasteiger partial charge in [-0.15, -0.1) is 0 Å². The van der Waals surface area contributed by atoms with Crippen molar-refractivity contribution in [3.8, 4) is 11.3 Å². The van der Waals surface area contributed by atoms with Gasteiger partial charge in [0.2, 0.25) is 0 Å². The molecule has 1 N–H and O–H groups in total. The van der Waals surface area contributed by atoms with Crippen LogP contribution in [0.4, 0.5) is 5.69 Å². The zero-order valence-corrected chi connectivity index (χ0v) is 11.0. The van der Waals surface area contributed by atoms with Crippen molar-refractivity contribution in [3.05, 3.63) is 36.9 Å². The van der Waals surface area contributed by atoms with E-state index in [0.29, 0.717) is 6.04 Å². The summed E-state index contributed by atoms with van der Waals surface area (Å²) in [6.45, 7) is 0. The lowest BCUT2D eigenvalue weighted by molar-refractivity contribution is 0.572. The van der Waals surface area contributed by atoms with Gasteiger partial charge < -0.3 is 9.73 Å². The number of rotatable bonds is 3. The third kappa shape index (κ3) is 2.70. The van der Waals surface area contributed by atoms with Crippen molar-refractivity contribution in [1.82, 2.24) is 4.98 Å². The Morgan fingerprint density at radius 2 is 1.94 bits per heavy atom.